The first-order chi connectivity index (χ1) is 10.2. The van der Waals surface area contributed by atoms with Crippen LogP contribution >= 0.6 is 0 Å². The van der Waals surface area contributed by atoms with Gasteiger partial charge in [-0.15, -0.1) is 0 Å². The van der Waals surface area contributed by atoms with Gasteiger partial charge in [-0.2, -0.15) is 23.5 Å². The Morgan fingerprint density at radius 2 is 1.91 bits per heavy atom. The second kappa shape index (κ2) is 5.60. The third-order valence-corrected chi connectivity index (χ3v) is 3.24. The van der Waals surface area contributed by atoms with E-state index in [4.69, 9.17) is 5.26 Å². The van der Waals surface area contributed by atoms with Crippen molar-refractivity contribution in [1.29, 1.82) is 5.26 Å². The SMILES string of the molecule is CC(c1ccc(C#N)cc1)n1cc([N+](C)=O)c(C(F)(F)F)n1. The summed E-state index contributed by atoms with van der Waals surface area (Å²) in [5.74, 6) is 0. The maximum absolute atomic E-state index is 12.9. The van der Waals surface area contributed by atoms with Crippen molar-refractivity contribution in [3.05, 3.63) is 52.2 Å². The van der Waals surface area contributed by atoms with Gasteiger partial charge in [0.1, 0.15) is 6.20 Å². The van der Waals surface area contributed by atoms with Gasteiger partial charge in [-0.05, 0) is 24.6 Å². The minimum Gasteiger partial charge on any atom is -0.258 e. The van der Waals surface area contributed by atoms with Gasteiger partial charge in [-0.3, -0.25) is 4.68 Å². The zero-order chi connectivity index (χ0) is 16.5. The fourth-order valence-corrected chi connectivity index (χ4v) is 2.00. The lowest BCUT2D eigenvalue weighted by atomic mass is 10.1. The lowest BCUT2D eigenvalue weighted by Crippen LogP contribution is -2.12. The Morgan fingerprint density at radius 1 is 1.32 bits per heavy atom. The number of nitroso groups, excluding NO2 is 1. The third-order valence-electron chi connectivity index (χ3n) is 3.24. The minimum atomic E-state index is -4.70. The van der Waals surface area contributed by atoms with Crippen molar-refractivity contribution in [1.82, 2.24) is 9.78 Å². The van der Waals surface area contributed by atoms with Crippen molar-refractivity contribution in [2.75, 3.05) is 7.05 Å². The van der Waals surface area contributed by atoms with Crippen LogP contribution in [-0.2, 0) is 6.18 Å². The number of hydrogen-bond donors (Lipinski definition) is 0. The lowest BCUT2D eigenvalue weighted by Gasteiger charge is -2.12. The summed E-state index contributed by atoms with van der Waals surface area (Å²) < 4.78 is 40.0. The van der Waals surface area contributed by atoms with Crippen LogP contribution in [0.3, 0.4) is 0 Å². The van der Waals surface area contributed by atoms with E-state index in [1.807, 2.05) is 6.07 Å². The molecule has 0 radical (unpaired) electrons. The number of aromatic nitrogens is 2. The third kappa shape index (κ3) is 2.98. The first kappa shape index (κ1) is 15.7. The molecule has 1 heterocycles. The molecular formula is C14H12F3N4O+. The summed E-state index contributed by atoms with van der Waals surface area (Å²) in [5.41, 5.74) is -0.624. The van der Waals surface area contributed by atoms with E-state index < -0.39 is 23.6 Å². The van der Waals surface area contributed by atoms with Gasteiger partial charge in [-0.1, -0.05) is 12.1 Å². The Morgan fingerprint density at radius 3 is 2.32 bits per heavy atom. The van der Waals surface area contributed by atoms with E-state index in [-0.39, 0.29) is 4.76 Å². The van der Waals surface area contributed by atoms with Crippen LogP contribution in [0.15, 0.2) is 30.5 Å². The highest BCUT2D eigenvalue weighted by Gasteiger charge is 2.42. The molecule has 0 aliphatic heterocycles. The molecule has 0 aliphatic carbocycles. The van der Waals surface area contributed by atoms with Crippen molar-refractivity contribution in [2.24, 2.45) is 0 Å². The molecule has 2 aromatic rings. The molecule has 5 nitrogen and oxygen atoms in total. The zero-order valence-corrected chi connectivity index (χ0v) is 11.8. The molecule has 0 bridgehead atoms. The highest BCUT2D eigenvalue weighted by atomic mass is 19.4. The highest BCUT2D eigenvalue weighted by molar-refractivity contribution is 5.36. The fourth-order valence-electron chi connectivity index (χ4n) is 2.00. The number of halogens is 3. The molecule has 0 N–H and O–H groups in total. The molecule has 0 aliphatic rings. The van der Waals surface area contributed by atoms with Gasteiger partial charge in [0.2, 0.25) is 5.69 Å². The fraction of sp³-hybridized carbons (Fsp3) is 0.286. The normalized spacial score (nSPS) is 12.7. The van der Waals surface area contributed by atoms with E-state index >= 15 is 0 Å². The Labute approximate surface area is 124 Å². The van der Waals surface area contributed by atoms with E-state index in [9.17, 15) is 18.1 Å². The molecular weight excluding hydrogens is 297 g/mol. The molecule has 2 rings (SSSR count). The summed E-state index contributed by atoms with van der Waals surface area (Å²) in [7, 11) is 0.989. The predicted octanol–water partition coefficient (Wildman–Crippen LogP) is 3.42. The minimum absolute atomic E-state index is 0.137. The summed E-state index contributed by atoms with van der Waals surface area (Å²) in [4.78, 5) is 11.3. The van der Waals surface area contributed by atoms with Crippen molar-refractivity contribution in [3.8, 4) is 6.07 Å². The van der Waals surface area contributed by atoms with Crippen LogP contribution in [0.2, 0.25) is 0 Å². The van der Waals surface area contributed by atoms with Crippen LogP contribution < -0.4 is 0 Å². The lowest BCUT2D eigenvalue weighted by molar-refractivity contribution is -0.430. The van der Waals surface area contributed by atoms with Crippen molar-refractivity contribution in [3.63, 3.8) is 0 Å². The number of nitrogens with zero attached hydrogens (tertiary/aromatic N) is 4. The van der Waals surface area contributed by atoms with Crippen LogP contribution in [0.5, 0.6) is 0 Å². The van der Waals surface area contributed by atoms with E-state index in [0.717, 1.165) is 17.9 Å². The van der Waals surface area contributed by atoms with Gasteiger partial charge in [0.15, 0.2) is 7.05 Å². The Kier molecular flexibility index (Phi) is 3.99. The molecule has 0 spiro atoms. The standard InChI is InChI=1S/C14H12F3N4O/c1-9(11-5-3-10(7-18)4-6-11)21-8-12(20(2)22)13(19-21)14(15,16)17/h3-6,8-9H,1-2H3/q+1. The van der Waals surface area contributed by atoms with Crippen LogP contribution in [0, 0.1) is 16.2 Å². The van der Waals surface area contributed by atoms with Crippen LogP contribution in [0.1, 0.15) is 29.8 Å². The maximum atomic E-state index is 12.9. The van der Waals surface area contributed by atoms with E-state index in [0.29, 0.717) is 11.1 Å². The van der Waals surface area contributed by atoms with Gasteiger partial charge >= 0.3 is 11.9 Å². The molecule has 0 saturated carbocycles. The maximum Gasteiger partial charge on any atom is 0.442 e. The average Bonchev–Trinajstić information content (AvgIpc) is 2.92. The van der Waals surface area contributed by atoms with E-state index in [2.05, 4.69) is 5.10 Å². The molecule has 22 heavy (non-hydrogen) atoms. The second-order valence-corrected chi connectivity index (χ2v) is 4.75. The molecule has 0 amide bonds. The first-order valence-corrected chi connectivity index (χ1v) is 6.31. The first-order valence-electron chi connectivity index (χ1n) is 6.31. The molecule has 0 saturated heterocycles. The number of rotatable bonds is 3. The van der Waals surface area contributed by atoms with E-state index in [1.165, 1.54) is 0 Å². The smallest absolute Gasteiger partial charge is 0.258 e. The Bertz CT molecular complexity index is 741. The average molecular weight is 309 g/mol. The summed E-state index contributed by atoms with van der Waals surface area (Å²) in [6, 6.07) is 7.87. The highest BCUT2D eigenvalue weighted by Crippen LogP contribution is 2.35. The van der Waals surface area contributed by atoms with Gasteiger partial charge < -0.3 is 0 Å². The van der Waals surface area contributed by atoms with Crippen LogP contribution in [-0.4, -0.2) is 21.6 Å². The quantitative estimate of drug-likeness (QED) is 0.816. The summed E-state index contributed by atoms with van der Waals surface area (Å²) in [6.07, 6.45) is -3.64. The van der Waals surface area contributed by atoms with Crippen molar-refractivity contribution < 1.29 is 17.9 Å². The zero-order valence-electron chi connectivity index (χ0n) is 11.8. The molecule has 8 heteroatoms. The number of hydrogen-bond acceptors (Lipinski definition) is 3. The van der Waals surface area contributed by atoms with Gasteiger partial charge in [0.05, 0.1) is 17.7 Å². The molecule has 0 fully saturated rings. The van der Waals surface area contributed by atoms with Crippen molar-refractivity contribution >= 4 is 5.69 Å². The van der Waals surface area contributed by atoms with Gasteiger partial charge in [0.25, 0.3) is 0 Å². The van der Waals surface area contributed by atoms with Crippen LogP contribution in [0.4, 0.5) is 18.9 Å². The summed E-state index contributed by atoms with van der Waals surface area (Å²) in [5, 5.41) is 12.2. The number of nitriles is 1. The molecule has 1 atom stereocenters. The summed E-state index contributed by atoms with van der Waals surface area (Å²) in [6.45, 7) is 1.66. The molecule has 1 aromatic carbocycles. The molecule has 1 aromatic heterocycles. The Hall–Kier alpha value is -2.69. The second-order valence-electron chi connectivity index (χ2n) is 4.75. The largest absolute Gasteiger partial charge is 0.442 e. The van der Waals surface area contributed by atoms with Gasteiger partial charge in [0, 0.05) is 9.67 Å². The summed E-state index contributed by atoms with van der Waals surface area (Å²) >= 11 is 0. The molecule has 114 valence electrons. The van der Waals surface area contributed by atoms with Gasteiger partial charge in [-0.25, -0.2) is 0 Å². The number of alkyl halides is 3. The van der Waals surface area contributed by atoms with Crippen molar-refractivity contribution in [2.45, 2.75) is 19.1 Å². The van der Waals surface area contributed by atoms with E-state index in [1.54, 1.807) is 31.2 Å². The molecule has 1 unspecified atom stereocenters. The predicted molar refractivity (Wildman–Crippen MR) is 71.4 cm³/mol. The topological polar surface area (TPSA) is 61.7 Å². The number of benzene rings is 1. The monoisotopic (exact) mass is 309 g/mol. The Balaban J connectivity index is 2.43. The van der Waals surface area contributed by atoms with Crippen LogP contribution in [0.25, 0.3) is 0 Å².